The van der Waals surface area contributed by atoms with Crippen LogP contribution in [0.5, 0.6) is 5.75 Å². The monoisotopic (exact) mass is 352 g/mol. The summed E-state index contributed by atoms with van der Waals surface area (Å²) in [5, 5.41) is 3.09. The molecular formula is C22H28N2O2. The van der Waals surface area contributed by atoms with E-state index in [1.54, 1.807) is 0 Å². The predicted octanol–water partition coefficient (Wildman–Crippen LogP) is 4.31. The smallest absolute Gasteiger partial charge is 0.238 e. The van der Waals surface area contributed by atoms with Crippen molar-refractivity contribution >= 4 is 11.6 Å². The molecule has 0 atom stereocenters. The summed E-state index contributed by atoms with van der Waals surface area (Å²) >= 11 is 0. The Bertz CT molecular complexity index is 714. The van der Waals surface area contributed by atoms with E-state index in [1.807, 2.05) is 44.2 Å². The van der Waals surface area contributed by atoms with Gasteiger partial charge in [-0.1, -0.05) is 36.8 Å². The Morgan fingerprint density at radius 3 is 2.35 bits per heavy atom. The summed E-state index contributed by atoms with van der Waals surface area (Å²) < 4.78 is 5.91. The fourth-order valence-corrected chi connectivity index (χ4v) is 3.44. The molecule has 1 amide bonds. The van der Waals surface area contributed by atoms with Crippen molar-refractivity contribution < 1.29 is 9.53 Å². The number of rotatable bonds is 6. The van der Waals surface area contributed by atoms with E-state index in [4.69, 9.17) is 4.74 Å². The van der Waals surface area contributed by atoms with Gasteiger partial charge in [-0.15, -0.1) is 0 Å². The first kappa shape index (κ1) is 18.5. The van der Waals surface area contributed by atoms with Gasteiger partial charge in [0.1, 0.15) is 12.4 Å². The molecule has 0 aromatic heterocycles. The molecule has 0 saturated carbocycles. The molecule has 4 heteroatoms. The van der Waals surface area contributed by atoms with Gasteiger partial charge in [0.05, 0.1) is 6.54 Å². The number of piperidine rings is 1. The summed E-state index contributed by atoms with van der Waals surface area (Å²) in [4.78, 5) is 14.6. The highest BCUT2D eigenvalue weighted by Gasteiger charge is 2.15. The van der Waals surface area contributed by atoms with Crippen LogP contribution >= 0.6 is 0 Å². The molecule has 0 bridgehead atoms. The van der Waals surface area contributed by atoms with Crippen LogP contribution in [0, 0.1) is 13.8 Å². The predicted molar refractivity (Wildman–Crippen MR) is 106 cm³/mol. The van der Waals surface area contributed by atoms with Gasteiger partial charge in [-0.3, -0.25) is 9.69 Å². The van der Waals surface area contributed by atoms with Crippen molar-refractivity contribution in [3.8, 4) is 5.75 Å². The van der Waals surface area contributed by atoms with Crippen LogP contribution in [-0.4, -0.2) is 30.4 Å². The van der Waals surface area contributed by atoms with Crippen LogP contribution in [0.15, 0.2) is 42.5 Å². The Kier molecular flexibility index (Phi) is 6.29. The van der Waals surface area contributed by atoms with E-state index in [0.29, 0.717) is 13.2 Å². The summed E-state index contributed by atoms with van der Waals surface area (Å²) in [5.74, 6) is 0.897. The molecule has 1 N–H and O–H groups in total. The van der Waals surface area contributed by atoms with Crippen LogP contribution in [0.4, 0.5) is 5.69 Å². The number of nitrogens with one attached hydrogen (secondary N) is 1. The molecule has 0 radical (unpaired) electrons. The molecule has 2 aromatic rings. The van der Waals surface area contributed by atoms with Crippen LogP contribution < -0.4 is 10.1 Å². The lowest BCUT2D eigenvalue weighted by Gasteiger charge is -2.26. The Labute approximate surface area is 156 Å². The van der Waals surface area contributed by atoms with Gasteiger partial charge in [0.25, 0.3) is 0 Å². The first-order chi connectivity index (χ1) is 12.6. The van der Waals surface area contributed by atoms with E-state index in [-0.39, 0.29) is 5.91 Å². The normalized spacial score (nSPS) is 14.8. The topological polar surface area (TPSA) is 41.6 Å². The highest BCUT2D eigenvalue weighted by atomic mass is 16.5. The van der Waals surface area contributed by atoms with Gasteiger partial charge in [0.2, 0.25) is 5.91 Å². The molecule has 138 valence electrons. The summed E-state index contributed by atoms with van der Waals surface area (Å²) in [6.45, 7) is 7.10. The van der Waals surface area contributed by atoms with Crippen molar-refractivity contribution in [2.75, 3.05) is 25.0 Å². The zero-order chi connectivity index (χ0) is 18.4. The summed E-state index contributed by atoms with van der Waals surface area (Å²) in [6.07, 6.45) is 3.67. The second kappa shape index (κ2) is 8.86. The molecule has 0 unspecified atom stereocenters. The molecule has 1 saturated heterocycles. The zero-order valence-electron chi connectivity index (χ0n) is 15.8. The minimum absolute atomic E-state index is 0.0658. The molecule has 2 aromatic carbocycles. The van der Waals surface area contributed by atoms with Gasteiger partial charge in [-0.05, 0) is 68.6 Å². The van der Waals surface area contributed by atoms with Crippen molar-refractivity contribution in [1.82, 2.24) is 4.90 Å². The van der Waals surface area contributed by atoms with Crippen LogP contribution in [0.1, 0.15) is 36.0 Å². The molecule has 4 nitrogen and oxygen atoms in total. The number of aryl methyl sites for hydroxylation is 2. The van der Waals surface area contributed by atoms with Crippen LogP contribution in [0.25, 0.3) is 0 Å². The Balaban J connectivity index is 1.60. The van der Waals surface area contributed by atoms with Crippen molar-refractivity contribution in [3.05, 3.63) is 59.2 Å². The van der Waals surface area contributed by atoms with E-state index in [1.165, 1.54) is 19.3 Å². The van der Waals surface area contributed by atoms with Crippen molar-refractivity contribution in [2.24, 2.45) is 0 Å². The Hall–Kier alpha value is -2.33. The van der Waals surface area contributed by atoms with Crippen LogP contribution in [-0.2, 0) is 11.4 Å². The maximum absolute atomic E-state index is 12.4. The number of carbonyl (C=O) groups is 1. The SMILES string of the molecule is Cc1cc(OCc2ccccc2)cc(C)c1NC(=O)CN1CCCCC1. The first-order valence-corrected chi connectivity index (χ1v) is 9.42. The number of likely N-dealkylation sites (tertiary alicyclic amines) is 1. The highest BCUT2D eigenvalue weighted by Crippen LogP contribution is 2.27. The van der Waals surface area contributed by atoms with Crippen molar-refractivity contribution in [2.45, 2.75) is 39.7 Å². The Morgan fingerprint density at radius 1 is 1.04 bits per heavy atom. The van der Waals surface area contributed by atoms with Gasteiger partial charge in [0.15, 0.2) is 0 Å². The van der Waals surface area contributed by atoms with E-state index >= 15 is 0 Å². The molecular weight excluding hydrogens is 324 g/mol. The molecule has 1 aliphatic heterocycles. The molecule has 26 heavy (non-hydrogen) atoms. The fraction of sp³-hybridized carbons (Fsp3) is 0.409. The molecule has 1 fully saturated rings. The summed E-state index contributed by atoms with van der Waals surface area (Å²) in [5.41, 5.74) is 4.10. The first-order valence-electron chi connectivity index (χ1n) is 9.42. The maximum atomic E-state index is 12.4. The largest absolute Gasteiger partial charge is 0.489 e. The minimum atomic E-state index is 0.0658. The van der Waals surface area contributed by atoms with Gasteiger partial charge in [0, 0.05) is 5.69 Å². The molecule has 0 spiro atoms. The van der Waals surface area contributed by atoms with Crippen LogP contribution in [0.2, 0.25) is 0 Å². The second-order valence-corrected chi connectivity index (χ2v) is 7.09. The third-order valence-electron chi connectivity index (χ3n) is 4.83. The fourth-order valence-electron chi connectivity index (χ4n) is 3.44. The quantitative estimate of drug-likeness (QED) is 0.842. The van der Waals surface area contributed by atoms with Crippen molar-refractivity contribution in [1.29, 1.82) is 0 Å². The molecule has 1 aliphatic rings. The number of nitrogens with zero attached hydrogens (tertiary/aromatic N) is 1. The van der Waals surface area contributed by atoms with E-state index < -0.39 is 0 Å². The molecule has 3 rings (SSSR count). The number of hydrogen-bond acceptors (Lipinski definition) is 3. The third kappa shape index (κ3) is 5.09. The maximum Gasteiger partial charge on any atom is 0.238 e. The number of ether oxygens (including phenoxy) is 1. The van der Waals surface area contributed by atoms with Crippen molar-refractivity contribution in [3.63, 3.8) is 0 Å². The second-order valence-electron chi connectivity index (χ2n) is 7.09. The van der Waals surface area contributed by atoms with Gasteiger partial charge in [-0.25, -0.2) is 0 Å². The highest BCUT2D eigenvalue weighted by molar-refractivity contribution is 5.93. The summed E-state index contributed by atoms with van der Waals surface area (Å²) in [7, 11) is 0. The van der Waals surface area contributed by atoms with Gasteiger partial charge < -0.3 is 10.1 Å². The van der Waals surface area contributed by atoms with Gasteiger partial charge >= 0.3 is 0 Å². The van der Waals surface area contributed by atoms with E-state index in [0.717, 1.165) is 41.2 Å². The summed E-state index contributed by atoms with van der Waals surface area (Å²) in [6, 6.07) is 14.1. The molecule has 1 heterocycles. The third-order valence-corrected chi connectivity index (χ3v) is 4.83. The minimum Gasteiger partial charge on any atom is -0.489 e. The van der Waals surface area contributed by atoms with Gasteiger partial charge in [-0.2, -0.15) is 0 Å². The average molecular weight is 352 g/mol. The number of benzene rings is 2. The standard InChI is InChI=1S/C22H28N2O2/c1-17-13-20(26-16-19-9-5-3-6-10-19)14-18(2)22(17)23-21(25)15-24-11-7-4-8-12-24/h3,5-6,9-10,13-14H,4,7-8,11-12,15-16H2,1-2H3,(H,23,25). The lowest BCUT2D eigenvalue weighted by molar-refractivity contribution is -0.117. The van der Waals surface area contributed by atoms with Crippen LogP contribution in [0.3, 0.4) is 0 Å². The lowest BCUT2D eigenvalue weighted by Crippen LogP contribution is -2.37. The molecule has 0 aliphatic carbocycles. The lowest BCUT2D eigenvalue weighted by atomic mass is 10.1. The number of carbonyl (C=O) groups excluding carboxylic acids is 1. The number of amides is 1. The zero-order valence-corrected chi connectivity index (χ0v) is 15.8. The number of hydrogen-bond donors (Lipinski definition) is 1. The average Bonchev–Trinajstić information content (AvgIpc) is 2.65. The number of anilines is 1. The van der Waals surface area contributed by atoms with E-state index in [2.05, 4.69) is 22.3 Å². The Morgan fingerprint density at radius 2 is 1.69 bits per heavy atom. The van der Waals surface area contributed by atoms with E-state index in [9.17, 15) is 4.79 Å².